The Balaban J connectivity index is 1.33. The van der Waals surface area contributed by atoms with Crippen LogP contribution in [0.2, 0.25) is 0 Å². The normalized spacial score (nSPS) is 17.5. The van der Waals surface area contributed by atoms with Gasteiger partial charge in [0.15, 0.2) is 21.3 Å². The number of sulfone groups is 1. The van der Waals surface area contributed by atoms with E-state index in [9.17, 15) is 18.0 Å². The summed E-state index contributed by atoms with van der Waals surface area (Å²) in [7, 11) is -3.29. The Morgan fingerprint density at radius 1 is 1.14 bits per heavy atom. The molecule has 4 aromatic rings. The number of anilines is 1. The molecule has 0 bridgehead atoms. The van der Waals surface area contributed by atoms with Gasteiger partial charge >= 0.3 is 0 Å². The van der Waals surface area contributed by atoms with Crippen LogP contribution in [0.3, 0.4) is 0 Å². The van der Waals surface area contributed by atoms with Crippen LogP contribution in [0.15, 0.2) is 59.9 Å². The van der Waals surface area contributed by atoms with Crippen LogP contribution < -0.4 is 5.32 Å². The minimum Gasteiger partial charge on any atom is -0.310 e. The van der Waals surface area contributed by atoms with Crippen LogP contribution in [-0.4, -0.2) is 45.2 Å². The summed E-state index contributed by atoms with van der Waals surface area (Å²) in [6.45, 7) is 5.40. The van der Waals surface area contributed by atoms with Crippen LogP contribution in [0.25, 0.3) is 5.65 Å². The zero-order valence-electron chi connectivity index (χ0n) is 20.9. The second kappa shape index (κ2) is 9.19. The van der Waals surface area contributed by atoms with Gasteiger partial charge in [-0.25, -0.2) is 18.4 Å². The monoisotopic (exact) mass is 517 g/mol. The first-order chi connectivity index (χ1) is 17.6. The van der Waals surface area contributed by atoms with Crippen LogP contribution in [0.4, 0.5) is 5.82 Å². The molecule has 3 heterocycles. The van der Waals surface area contributed by atoms with Gasteiger partial charge in [-0.3, -0.25) is 14.6 Å². The van der Waals surface area contributed by atoms with Crippen molar-refractivity contribution in [1.82, 2.24) is 19.4 Å². The lowest BCUT2D eigenvalue weighted by molar-refractivity contribution is -0.115. The molecule has 37 heavy (non-hydrogen) atoms. The number of carbonyl (C=O) groups is 2. The summed E-state index contributed by atoms with van der Waals surface area (Å²) in [5.74, 6) is 0.0429. The van der Waals surface area contributed by atoms with Crippen molar-refractivity contribution in [1.29, 1.82) is 0 Å². The lowest BCUT2D eigenvalue weighted by Crippen LogP contribution is -2.39. The van der Waals surface area contributed by atoms with Gasteiger partial charge in [0, 0.05) is 24.2 Å². The quantitative estimate of drug-likeness (QED) is 0.415. The predicted molar refractivity (Wildman–Crippen MR) is 138 cm³/mol. The van der Waals surface area contributed by atoms with Crippen LogP contribution in [0.5, 0.6) is 0 Å². The Kier molecular flexibility index (Phi) is 6.15. The molecule has 1 atom stereocenters. The highest BCUT2D eigenvalue weighted by molar-refractivity contribution is 7.91. The molecule has 1 unspecified atom stereocenters. The summed E-state index contributed by atoms with van der Waals surface area (Å²) in [6, 6.07) is 9.64. The van der Waals surface area contributed by atoms with E-state index in [0.717, 1.165) is 5.69 Å². The van der Waals surface area contributed by atoms with Crippen molar-refractivity contribution in [2.24, 2.45) is 0 Å². The summed E-state index contributed by atoms with van der Waals surface area (Å²) in [6.07, 6.45) is 6.56. The summed E-state index contributed by atoms with van der Waals surface area (Å²) in [5, 5.41) is 2.79. The molecule has 0 aliphatic heterocycles. The van der Waals surface area contributed by atoms with Crippen molar-refractivity contribution in [2.45, 2.75) is 50.3 Å². The van der Waals surface area contributed by atoms with Gasteiger partial charge in [0.25, 0.3) is 0 Å². The van der Waals surface area contributed by atoms with Crippen LogP contribution in [0, 0.1) is 6.92 Å². The van der Waals surface area contributed by atoms with Crippen LogP contribution >= 0.6 is 0 Å². The minimum atomic E-state index is -3.29. The fourth-order valence-corrected chi connectivity index (χ4v) is 5.64. The zero-order valence-corrected chi connectivity index (χ0v) is 21.7. The number of Topliss-reactive ketones (excluding diaryl/α,β-unsaturated/α-hetero) is 1. The number of fused-ring (bicyclic) bond motifs is 2. The van der Waals surface area contributed by atoms with Crippen molar-refractivity contribution in [3.63, 3.8) is 0 Å². The Hall–Kier alpha value is -3.92. The SMILES string of the molecule is CCS(=O)(=O)c1ccc(CC(=O)Nc2ccc3c(n2)CCC(C)(c2nccn4cc(C)nc24)C3=O)cc1. The van der Waals surface area contributed by atoms with E-state index in [2.05, 4.69) is 20.3 Å². The molecule has 1 aliphatic carbocycles. The van der Waals surface area contributed by atoms with Gasteiger partial charge in [0.2, 0.25) is 5.91 Å². The van der Waals surface area contributed by atoms with Gasteiger partial charge in [-0.15, -0.1) is 0 Å². The number of carbonyl (C=O) groups excluding carboxylic acids is 2. The van der Waals surface area contributed by atoms with Gasteiger partial charge in [0.1, 0.15) is 5.82 Å². The second-order valence-electron chi connectivity index (χ2n) is 9.51. The van der Waals surface area contributed by atoms with E-state index in [1.54, 1.807) is 37.4 Å². The van der Waals surface area contributed by atoms with Crippen molar-refractivity contribution in [3.8, 4) is 0 Å². The summed E-state index contributed by atoms with van der Waals surface area (Å²) in [5.41, 5.74) is 3.19. The van der Waals surface area contributed by atoms with Crippen molar-refractivity contribution in [3.05, 3.63) is 83.2 Å². The van der Waals surface area contributed by atoms with E-state index in [0.29, 0.717) is 46.8 Å². The van der Waals surface area contributed by atoms with E-state index in [1.807, 2.05) is 30.6 Å². The van der Waals surface area contributed by atoms with E-state index in [1.165, 1.54) is 12.1 Å². The first kappa shape index (κ1) is 24.8. The number of amides is 1. The highest BCUT2D eigenvalue weighted by Crippen LogP contribution is 2.38. The summed E-state index contributed by atoms with van der Waals surface area (Å²) < 4.78 is 25.8. The number of aryl methyl sites for hydroxylation is 2. The number of ketones is 1. The Morgan fingerprint density at radius 2 is 1.89 bits per heavy atom. The molecule has 9 nitrogen and oxygen atoms in total. The molecule has 0 fully saturated rings. The van der Waals surface area contributed by atoms with Crippen molar-refractivity contribution < 1.29 is 18.0 Å². The van der Waals surface area contributed by atoms with Crippen LogP contribution in [-0.2, 0) is 32.9 Å². The molecule has 10 heteroatoms. The number of imidazole rings is 1. The number of hydrogen-bond acceptors (Lipinski definition) is 7. The van der Waals surface area contributed by atoms with E-state index in [-0.39, 0.29) is 28.8 Å². The number of benzene rings is 1. The summed E-state index contributed by atoms with van der Waals surface area (Å²) >= 11 is 0. The molecule has 0 saturated heterocycles. The maximum Gasteiger partial charge on any atom is 0.229 e. The number of rotatable bonds is 6. The fourth-order valence-electron chi connectivity index (χ4n) is 4.76. The lowest BCUT2D eigenvalue weighted by Gasteiger charge is -2.32. The highest BCUT2D eigenvalue weighted by atomic mass is 32.2. The average Bonchev–Trinajstić information content (AvgIpc) is 3.27. The van der Waals surface area contributed by atoms with Gasteiger partial charge in [-0.2, -0.15) is 0 Å². The van der Waals surface area contributed by atoms with E-state index < -0.39 is 15.3 Å². The fraction of sp³-hybridized carbons (Fsp3) is 0.296. The maximum absolute atomic E-state index is 13.6. The molecule has 1 aromatic carbocycles. The lowest BCUT2D eigenvalue weighted by atomic mass is 9.71. The predicted octanol–water partition coefficient (Wildman–Crippen LogP) is 3.49. The van der Waals surface area contributed by atoms with Gasteiger partial charge in [-0.1, -0.05) is 19.1 Å². The molecule has 3 aromatic heterocycles. The Morgan fingerprint density at radius 3 is 2.62 bits per heavy atom. The number of nitrogens with zero attached hydrogens (tertiary/aromatic N) is 4. The molecule has 1 amide bonds. The van der Waals surface area contributed by atoms with E-state index >= 15 is 0 Å². The number of nitrogens with one attached hydrogen (secondary N) is 1. The highest BCUT2D eigenvalue weighted by Gasteiger charge is 2.43. The minimum absolute atomic E-state index is 0.0215. The summed E-state index contributed by atoms with van der Waals surface area (Å²) in [4.78, 5) is 40.2. The van der Waals surface area contributed by atoms with Crippen LogP contribution in [0.1, 0.15) is 53.3 Å². The Bertz CT molecular complexity index is 1640. The number of pyridine rings is 1. The number of aromatic nitrogens is 4. The number of hydrogen-bond donors (Lipinski definition) is 1. The van der Waals surface area contributed by atoms with Gasteiger partial charge < -0.3 is 9.72 Å². The van der Waals surface area contributed by atoms with E-state index in [4.69, 9.17) is 0 Å². The third-order valence-corrected chi connectivity index (χ3v) is 8.65. The third kappa shape index (κ3) is 4.53. The first-order valence-corrected chi connectivity index (χ1v) is 13.7. The molecule has 1 N–H and O–H groups in total. The topological polar surface area (TPSA) is 123 Å². The molecule has 190 valence electrons. The van der Waals surface area contributed by atoms with Crippen molar-refractivity contribution >= 4 is 33.0 Å². The Labute approximate surface area is 214 Å². The average molecular weight is 518 g/mol. The molecule has 0 saturated carbocycles. The maximum atomic E-state index is 13.6. The molecule has 5 rings (SSSR count). The zero-order chi connectivity index (χ0) is 26.4. The second-order valence-corrected chi connectivity index (χ2v) is 11.8. The molecule has 0 spiro atoms. The van der Waals surface area contributed by atoms with Gasteiger partial charge in [0.05, 0.1) is 39.6 Å². The molecular formula is C27H27N5O4S. The molecular weight excluding hydrogens is 490 g/mol. The largest absolute Gasteiger partial charge is 0.310 e. The molecule has 0 radical (unpaired) electrons. The molecule has 1 aliphatic rings. The standard InChI is InChI=1S/C27H27N5O4S/c1-4-37(35,36)19-7-5-18(6-8-19)15-23(33)31-22-10-9-20-21(30-22)11-12-27(3,25(20)34)24-26-29-17(2)16-32(26)14-13-28-24/h5-10,13-14,16H,4,11-12,15H2,1-3H3,(H,30,31,33). The smallest absolute Gasteiger partial charge is 0.229 e. The third-order valence-electron chi connectivity index (χ3n) is 6.89. The van der Waals surface area contributed by atoms with Gasteiger partial charge in [-0.05, 0) is 56.5 Å². The van der Waals surface area contributed by atoms with Crippen molar-refractivity contribution in [2.75, 3.05) is 11.1 Å². The first-order valence-electron chi connectivity index (χ1n) is 12.1.